The highest BCUT2D eigenvalue weighted by molar-refractivity contribution is 9.47. The van der Waals surface area contributed by atoms with E-state index in [-0.39, 0.29) is 16.0 Å². The average Bonchev–Trinajstić information content (AvgIpc) is 2.40. The second-order valence-electron chi connectivity index (χ2n) is 3.61. The predicted molar refractivity (Wildman–Crippen MR) is 85.1 cm³/mol. The molecule has 0 aliphatic carbocycles. The molecule has 0 radical (unpaired) electrons. The third-order valence-electron chi connectivity index (χ3n) is 2.65. The van der Waals surface area contributed by atoms with Crippen LogP contribution in [0.3, 0.4) is 0 Å². The maximum Gasteiger partial charge on any atom is 0.560 e. The molecule has 0 fully saturated rings. The highest BCUT2D eigenvalue weighted by Gasteiger charge is 1.97. The lowest BCUT2D eigenvalue weighted by atomic mass is 10.0. The van der Waals surface area contributed by atoms with Gasteiger partial charge in [-0.3, -0.25) is 25.8 Å². The first-order valence-electron chi connectivity index (χ1n) is 5.35. The van der Waals surface area contributed by atoms with E-state index < -0.39 is 0 Å². The number of hydrogen-bond donors (Lipinski definition) is 0. The lowest BCUT2D eigenvalue weighted by Crippen LogP contribution is -1.75. The molecule has 0 amide bonds. The lowest BCUT2D eigenvalue weighted by molar-refractivity contribution is 1.76. The summed E-state index contributed by atoms with van der Waals surface area (Å²) in [5.74, 6) is 0. The van der Waals surface area contributed by atoms with Gasteiger partial charge < -0.3 is 0 Å². The van der Waals surface area contributed by atoms with Crippen molar-refractivity contribution in [2.24, 2.45) is 0 Å². The minimum absolute atomic E-state index is 0.0417. The van der Waals surface area contributed by atoms with Crippen molar-refractivity contribution < 1.29 is 0 Å². The van der Waals surface area contributed by atoms with Gasteiger partial charge in [0.25, 0.3) is 0 Å². The number of rotatable bonds is 0. The second kappa shape index (κ2) is 6.74. The molecule has 0 aromatic heterocycles. The predicted octanol–water partition coefficient (Wildman–Crippen LogP) is 5.30. The van der Waals surface area contributed by atoms with Gasteiger partial charge in [-0.05, 0) is 21.5 Å². The van der Waals surface area contributed by atoms with Crippen LogP contribution in [0.5, 0.6) is 0 Å². The molecule has 0 heterocycles. The number of hydrogen-bond acceptors (Lipinski definition) is 0. The number of benzene rings is 3. The molecule has 3 aromatic rings. The highest BCUT2D eigenvalue weighted by Crippen LogP contribution is 2.24. The monoisotopic (exact) mass is 360 g/mol. The summed E-state index contributed by atoms with van der Waals surface area (Å²) in [6.07, 6.45) is 0. The Kier molecular flexibility index (Phi) is 5.29. The fraction of sp³-hybridized carbons (Fsp3) is 0. The SMILES string of the molecule is [Br][Mg][Br].c1ccc2c(c1)ccc1ccccc12. The summed E-state index contributed by atoms with van der Waals surface area (Å²) in [5.41, 5.74) is 0. The maximum absolute atomic E-state index is 3.20. The molecule has 3 aromatic carbocycles. The van der Waals surface area contributed by atoms with Gasteiger partial charge in [0.1, 0.15) is 0 Å². The molecule has 3 rings (SSSR count). The van der Waals surface area contributed by atoms with Gasteiger partial charge in [0.15, 0.2) is 0 Å². The van der Waals surface area contributed by atoms with E-state index in [9.17, 15) is 0 Å². The first-order valence-corrected chi connectivity index (χ1v) is 13.1. The van der Waals surface area contributed by atoms with Crippen LogP contribution in [0.4, 0.5) is 0 Å². The van der Waals surface area contributed by atoms with Crippen molar-refractivity contribution in [3.05, 3.63) is 60.7 Å². The number of fused-ring (bicyclic) bond motifs is 3. The molecular weight excluding hydrogens is 352 g/mol. The van der Waals surface area contributed by atoms with Crippen molar-refractivity contribution in [1.29, 1.82) is 0 Å². The van der Waals surface area contributed by atoms with Crippen molar-refractivity contribution >= 4 is 63.3 Å². The molecule has 82 valence electrons. The molecular formula is C14H10Br2Mg. The highest BCUT2D eigenvalue weighted by atomic mass is 79.9. The summed E-state index contributed by atoms with van der Waals surface area (Å²) < 4.78 is 0. The molecule has 0 aliphatic heterocycles. The Labute approximate surface area is 123 Å². The van der Waals surface area contributed by atoms with Gasteiger partial charge in [0.05, 0.1) is 0 Å². The quantitative estimate of drug-likeness (QED) is 0.376. The van der Waals surface area contributed by atoms with Gasteiger partial charge >= 0.3 is 16.0 Å². The Balaban J connectivity index is 0.000000329. The van der Waals surface area contributed by atoms with Crippen LogP contribution in [0, 0.1) is 0 Å². The zero-order valence-electron chi connectivity index (χ0n) is 9.24. The van der Waals surface area contributed by atoms with Crippen LogP contribution >= 0.6 is 25.8 Å². The van der Waals surface area contributed by atoms with E-state index in [4.69, 9.17) is 0 Å². The van der Waals surface area contributed by atoms with E-state index >= 15 is 0 Å². The fourth-order valence-corrected chi connectivity index (χ4v) is 1.95. The van der Waals surface area contributed by atoms with Gasteiger partial charge in [-0.1, -0.05) is 60.7 Å². The van der Waals surface area contributed by atoms with Crippen LogP contribution in [-0.4, -0.2) is 16.0 Å². The van der Waals surface area contributed by atoms with Crippen LogP contribution in [0.2, 0.25) is 0 Å². The molecule has 0 nitrogen and oxygen atoms in total. The van der Waals surface area contributed by atoms with Crippen molar-refractivity contribution in [2.45, 2.75) is 0 Å². The Hall–Kier alpha value is -0.0938. The van der Waals surface area contributed by atoms with E-state index in [0.717, 1.165) is 0 Å². The molecule has 3 heteroatoms. The van der Waals surface area contributed by atoms with Crippen LogP contribution < -0.4 is 0 Å². The summed E-state index contributed by atoms with van der Waals surface area (Å²) in [7, 11) is 0. The van der Waals surface area contributed by atoms with E-state index in [1.807, 2.05) is 0 Å². The van der Waals surface area contributed by atoms with Gasteiger partial charge in [0.2, 0.25) is 0 Å². The molecule has 0 atom stereocenters. The van der Waals surface area contributed by atoms with Crippen LogP contribution in [0.25, 0.3) is 21.5 Å². The Morgan fingerprint density at radius 3 is 1.35 bits per heavy atom. The topological polar surface area (TPSA) is 0 Å². The average molecular weight is 362 g/mol. The molecule has 0 saturated heterocycles. The van der Waals surface area contributed by atoms with Crippen molar-refractivity contribution in [1.82, 2.24) is 0 Å². The molecule has 17 heavy (non-hydrogen) atoms. The minimum Gasteiger partial charge on any atom is -0.280 e. The Morgan fingerprint density at radius 2 is 0.941 bits per heavy atom. The zero-order chi connectivity index (χ0) is 12.1. The summed E-state index contributed by atoms with van der Waals surface area (Å²) in [4.78, 5) is 0. The van der Waals surface area contributed by atoms with E-state index in [2.05, 4.69) is 86.4 Å². The van der Waals surface area contributed by atoms with Crippen LogP contribution in [-0.2, 0) is 0 Å². The van der Waals surface area contributed by atoms with Gasteiger partial charge in [-0.25, -0.2) is 0 Å². The standard InChI is InChI=1S/C14H10.2BrH.Mg/c1-3-7-13-11(5-1)9-10-12-6-2-4-8-14(12)13;;;/h1-10H;2*1H;/q;;;+2/p-2. The van der Waals surface area contributed by atoms with Crippen molar-refractivity contribution in [3.63, 3.8) is 0 Å². The van der Waals surface area contributed by atoms with E-state index in [0.29, 0.717) is 0 Å². The second-order valence-corrected chi connectivity index (χ2v) is 11.7. The molecule has 0 saturated carbocycles. The maximum atomic E-state index is 3.20. The first kappa shape index (κ1) is 13.3. The third-order valence-corrected chi connectivity index (χ3v) is 2.65. The van der Waals surface area contributed by atoms with Crippen LogP contribution in [0.1, 0.15) is 0 Å². The summed E-state index contributed by atoms with van der Waals surface area (Å²) in [5, 5.41) is 5.30. The van der Waals surface area contributed by atoms with E-state index in [1.54, 1.807) is 0 Å². The normalized spacial score (nSPS) is 9.53. The molecule has 0 aliphatic rings. The molecule has 0 N–H and O–H groups in total. The Bertz CT molecular complexity index is 568. The number of halogens is 2. The smallest absolute Gasteiger partial charge is 0.280 e. The minimum atomic E-state index is 0.0417. The molecule has 0 unspecified atom stereocenters. The summed E-state index contributed by atoms with van der Waals surface area (Å²) >= 11 is 6.44. The molecule has 0 spiro atoms. The van der Waals surface area contributed by atoms with Crippen molar-refractivity contribution in [3.8, 4) is 0 Å². The largest absolute Gasteiger partial charge is 0.560 e. The summed E-state index contributed by atoms with van der Waals surface area (Å²) in [6.45, 7) is 0. The van der Waals surface area contributed by atoms with Gasteiger partial charge in [-0.15, -0.1) is 0 Å². The lowest BCUT2D eigenvalue weighted by Gasteiger charge is -2.02. The summed E-state index contributed by atoms with van der Waals surface area (Å²) in [6, 6.07) is 21.4. The zero-order valence-corrected chi connectivity index (χ0v) is 13.8. The third kappa shape index (κ3) is 3.22. The van der Waals surface area contributed by atoms with Crippen LogP contribution in [0.15, 0.2) is 60.7 Å². The first-order chi connectivity index (χ1) is 8.36. The van der Waals surface area contributed by atoms with Crippen molar-refractivity contribution in [2.75, 3.05) is 0 Å². The fourth-order valence-electron chi connectivity index (χ4n) is 1.95. The van der Waals surface area contributed by atoms with E-state index in [1.165, 1.54) is 21.5 Å². The Morgan fingerprint density at radius 1 is 0.588 bits per heavy atom. The van der Waals surface area contributed by atoms with Gasteiger partial charge in [0, 0.05) is 0 Å². The van der Waals surface area contributed by atoms with Gasteiger partial charge in [-0.2, -0.15) is 0 Å². The molecule has 0 bridgehead atoms.